The van der Waals surface area contributed by atoms with Crippen molar-refractivity contribution in [2.24, 2.45) is 11.8 Å². The number of aliphatic carboxylic acids is 1. The number of carboxylic acid groups (broad SMARTS) is 1. The minimum Gasteiger partial charge on any atom is -0.481 e. The van der Waals surface area contributed by atoms with E-state index < -0.39 is 5.97 Å². The molecule has 1 fully saturated rings. The van der Waals surface area contributed by atoms with Gasteiger partial charge in [0.25, 0.3) is 0 Å². The predicted octanol–water partition coefficient (Wildman–Crippen LogP) is 2.82. The molecule has 2 atom stereocenters. The van der Waals surface area contributed by atoms with Gasteiger partial charge in [0.1, 0.15) is 4.60 Å². The highest BCUT2D eigenvalue weighted by molar-refractivity contribution is 9.10. The highest BCUT2D eigenvalue weighted by atomic mass is 79.9. The number of carbonyl (C=O) groups is 1. The van der Waals surface area contributed by atoms with E-state index in [1.54, 1.807) is 0 Å². The molecule has 4 nitrogen and oxygen atoms in total. The van der Waals surface area contributed by atoms with Gasteiger partial charge in [-0.05, 0) is 34.7 Å². The van der Waals surface area contributed by atoms with Crippen LogP contribution >= 0.6 is 27.3 Å². The minimum atomic E-state index is -0.662. The van der Waals surface area contributed by atoms with Gasteiger partial charge in [0, 0.05) is 11.9 Å². The predicted molar refractivity (Wildman–Crippen MR) is 66.8 cm³/mol. The first-order valence-corrected chi connectivity index (χ1v) is 6.92. The number of anilines is 1. The van der Waals surface area contributed by atoms with Gasteiger partial charge in [-0.25, -0.2) is 4.98 Å². The summed E-state index contributed by atoms with van der Waals surface area (Å²) in [5.74, 6) is -0.610. The lowest BCUT2D eigenvalue weighted by Crippen LogP contribution is -2.24. The third-order valence-electron chi connectivity index (χ3n) is 2.97. The Hall–Kier alpha value is -0.620. The molecule has 1 saturated carbocycles. The Kier molecular flexibility index (Phi) is 3.81. The number of carboxylic acids is 1. The Balaban J connectivity index is 1.87. The Bertz CT molecular complexity index is 383. The van der Waals surface area contributed by atoms with E-state index in [2.05, 4.69) is 26.2 Å². The topological polar surface area (TPSA) is 62.2 Å². The lowest BCUT2D eigenvalue weighted by molar-refractivity contribution is -0.142. The highest BCUT2D eigenvalue weighted by Crippen LogP contribution is 2.32. The van der Waals surface area contributed by atoms with Gasteiger partial charge in [0.2, 0.25) is 0 Å². The summed E-state index contributed by atoms with van der Waals surface area (Å²) in [4.78, 5) is 15.2. The molecule has 6 heteroatoms. The molecule has 0 aromatic carbocycles. The maximum Gasteiger partial charge on any atom is 0.306 e. The average Bonchev–Trinajstić information content (AvgIpc) is 2.83. The van der Waals surface area contributed by atoms with Gasteiger partial charge in [-0.15, -0.1) is 11.3 Å². The molecule has 2 rings (SSSR count). The van der Waals surface area contributed by atoms with Crippen molar-refractivity contribution in [3.05, 3.63) is 9.98 Å². The zero-order valence-corrected chi connectivity index (χ0v) is 11.1. The molecule has 2 unspecified atom stereocenters. The van der Waals surface area contributed by atoms with Crippen molar-refractivity contribution in [3.8, 4) is 0 Å². The van der Waals surface area contributed by atoms with Crippen LogP contribution in [0.4, 0.5) is 5.13 Å². The second kappa shape index (κ2) is 5.14. The second-order valence-corrected chi connectivity index (χ2v) is 5.66. The van der Waals surface area contributed by atoms with Crippen LogP contribution < -0.4 is 5.32 Å². The third-order valence-corrected chi connectivity index (χ3v) is 4.48. The highest BCUT2D eigenvalue weighted by Gasteiger charge is 2.32. The van der Waals surface area contributed by atoms with Gasteiger partial charge in [0.15, 0.2) is 5.13 Å². The van der Waals surface area contributed by atoms with Gasteiger partial charge >= 0.3 is 5.97 Å². The zero-order chi connectivity index (χ0) is 11.5. The van der Waals surface area contributed by atoms with Crippen LogP contribution in [0.3, 0.4) is 0 Å². The van der Waals surface area contributed by atoms with Gasteiger partial charge < -0.3 is 10.4 Å². The van der Waals surface area contributed by atoms with Crippen LogP contribution in [0, 0.1) is 11.8 Å². The molecular formula is C10H13BrN2O2S. The fourth-order valence-corrected chi connectivity index (χ4v) is 3.31. The number of aromatic nitrogens is 1. The SMILES string of the molecule is O=C(O)C1CCCC1CNc1nc(Br)cs1. The summed E-state index contributed by atoms with van der Waals surface area (Å²) >= 11 is 4.81. The molecule has 16 heavy (non-hydrogen) atoms. The van der Waals surface area contributed by atoms with Gasteiger partial charge in [-0.3, -0.25) is 4.79 Å². The van der Waals surface area contributed by atoms with Crippen molar-refractivity contribution < 1.29 is 9.90 Å². The number of nitrogens with zero attached hydrogens (tertiary/aromatic N) is 1. The quantitative estimate of drug-likeness (QED) is 0.898. The molecule has 1 heterocycles. The van der Waals surface area contributed by atoms with Crippen LogP contribution in [0.2, 0.25) is 0 Å². The van der Waals surface area contributed by atoms with E-state index >= 15 is 0 Å². The summed E-state index contributed by atoms with van der Waals surface area (Å²) in [6, 6.07) is 0. The molecule has 1 aliphatic rings. The van der Waals surface area contributed by atoms with Gasteiger partial charge in [0.05, 0.1) is 5.92 Å². The maximum atomic E-state index is 11.0. The first-order valence-electron chi connectivity index (χ1n) is 5.24. The maximum absolute atomic E-state index is 11.0. The summed E-state index contributed by atoms with van der Waals surface area (Å²) in [5, 5.41) is 15.0. The minimum absolute atomic E-state index is 0.184. The Morgan fingerprint density at radius 2 is 2.50 bits per heavy atom. The molecular weight excluding hydrogens is 292 g/mol. The van der Waals surface area contributed by atoms with E-state index in [1.807, 2.05) is 5.38 Å². The molecule has 88 valence electrons. The summed E-state index contributed by atoms with van der Waals surface area (Å²) < 4.78 is 0.821. The summed E-state index contributed by atoms with van der Waals surface area (Å²) in [6.45, 7) is 0.705. The summed E-state index contributed by atoms with van der Waals surface area (Å²) in [6.07, 6.45) is 2.82. The monoisotopic (exact) mass is 304 g/mol. The van der Waals surface area contributed by atoms with Crippen molar-refractivity contribution in [3.63, 3.8) is 0 Å². The fourth-order valence-electron chi connectivity index (χ4n) is 2.16. The number of rotatable bonds is 4. The molecule has 2 N–H and O–H groups in total. The van der Waals surface area contributed by atoms with E-state index in [9.17, 15) is 4.79 Å². The zero-order valence-electron chi connectivity index (χ0n) is 8.65. The molecule has 1 aromatic rings. The number of hydrogen-bond acceptors (Lipinski definition) is 4. The number of halogens is 1. The first-order chi connectivity index (χ1) is 7.66. The Morgan fingerprint density at radius 3 is 3.12 bits per heavy atom. The lowest BCUT2D eigenvalue weighted by Gasteiger charge is -2.15. The van der Waals surface area contributed by atoms with E-state index in [1.165, 1.54) is 11.3 Å². The van der Waals surface area contributed by atoms with Gasteiger partial charge in [-0.1, -0.05) is 6.42 Å². The Labute approximate surface area is 106 Å². The van der Waals surface area contributed by atoms with Gasteiger partial charge in [-0.2, -0.15) is 0 Å². The van der Waals surface area contributed by atoms with Crippen molar-refractivity contribution >= 4 is 38.4 Å². The van der Waals surface area contributed by atoms with Crippen molar-refractivity contribution in [2.45, 2.75) is 19.3 Å². The summed E-state index contributed by atoms with van der Waals surface area (Å²) in [5.41, 5.74) is 0. The normalized spacial score (nSPS) is 24.6. The average molecular weight is 305 g/mol. The largest absolute Gasteiger partial charge is 0.481 e. The standard InChI is InChI=1S/C10H13BrN2O2S/c11-8-5-16-10(13-8)12-4-6-2-1-3-7(6)9(14)15/h5-7H,1-4H2,(H,12,13)(H,14,15). The molecule has 0 bridgehead atoms. The second-order valence-electron chi connectivity index (χ2n) is 3.99. The Morgan fingerprint density at radius 1 is 1.69 bits per heavy atom. The van der Waals surface area contributed by atoms with E-state index in [0.717, 1.165) is 29.0 Å². The molecule has 1 aliphatic carbocycles. The van der Waals surface area contributed by atoms with Crippen molar-refractivity contribution in [1.29, 1.82) is 0 Å². The third kappa shape index (κ3) is 2.74. The fraction of sp³-hybridized carbons (Fsp3) is 0.600. The van der Waals surface area contributed by atoms with E-state index in [-0.39, 0.29) is 11.8 Å². The van der Waals surface area contributed by atoms with Crippen LogP contribution in [0.15, 0.2) is 9.98 Å². The molecule has 0 spiro atoms. The molecule has 0 saturated heterocycles. The van der Waals surface area contributed by atoms with Crippen LogP contribution in [-0.2, 0) is 4.79 Å². The summed E-state index contributed by atoms with van der Waals surface area (Å²) in [7, 11) is 0. The van der Waals surface area contributed by atoms with E-state index in [4.69, 9.17) is 5.11 Å². The van der Waals surface area contributed by atoms with E-state index in [0.29, 0.717) is 6.54 Å². The van der Waals surface area contributed by atoms with Crippen molar-refractivity contribution in [2.75, 3.05) is 11.9 Å². The smallest absolute Gasteiger partial charge is 0.306 e. The first kappa shape index (κ1) is 11.9. The van der Waals surface area contributed by atoms with Crippen LogP contribution in [0.25, 0.3) is 0 Å². The molecule has 1 aromatic heterocycles. The van der Waals surface area contributed by atoms with Crippen molar-refractivity contribution in [1.82, 2.24) is 4.98 Å². The molecule has 0 amide bonds. The number of thiazole rings is 1. The molecule has 0 aliphatic heterocycles. The van der Waals surface area contributed by atoms with Crippen LogP contribution in [0.1, 0.15) is 19.3 Å². The number of nitrogens with one attached hydrogen (secondary N) is 1. The molecule has 0 radical (unpaired) electrons. The van der Waals surface area contributed by atoms with Crippen LogP contribution in [0.5, 0.6) is 0 Å². The van der Waals surface area contributed by atoms with Crippen LogP contribution in [-0.4, -0.2) is 22.6 Å². The lowest BCUT2D eigenvalue weighted by atomic mass is 9.96. The number of hydrogen-bond donors (Lipinski definition) is 2.